The maximum absolute atomic E-state index is 11.6. The fourth-order valence-electron chi connectivity index (χ4n) is 4.45. The van der Waals surface area contributed by atoms with Crippen molar-refractivity contribution in [1.82, 2.24) is 0 Å². The Kier molecular flexibility index (Phi) is 8.04. The molecular weight excluding hydrogens is 460 g/mol. The average Bonchev–Trinajstić information content (AvgIpc) is 3.27. The molecule has 0 radical (unpaired) electrons. The molecular formula is C29H32O5S. The lowest BCUT2D eigenvalue weighted by Crippen LogP contribution is -2.36. The van der Waals surface area contributed by atoms with Crippen LogP contribution in [0, 0.1) is 13.8 Å². The minimum absolute atomic E-state index is 0.152. The molecule has 1 aromatic heterocycles. The maximum Gasteiger partial charge on any atom is 0.302 e. The summed E-state index contributed by atoms with van der Waals surface area (Å²) >= 11 is 1.82. The minimum Gasteiger partial charge on any atom is -0.463 e. The van der Waals surface area contributed by atoms with E-state index in [4.69, 9.17) is 14.2 Å². The number of esters is 2. The van der Waals surface area contributed by atoms with E-state index in [0.717, 1.165) is 12.0 Å². The predicted molar refractivity (Wildman–Crippen MR) is 138 cm³/mol. The van der Waals surface area contributed by atoms with Crippen LogP contribution >= 0.6 is 11.3 Å². The highest BCUT2D eigenvalue weighted by molar-refractivity contribution is 7.15. The van der Waals surface area contributed by atoms with Crippen LogP contribution in [0.3, 0.4) is 0 Å². The number of thiophene rings is 1. The zero-order valence-corrected chi connectivity index (χ0v) is 21.5. The van der Waals surface area contributed by atoms with Crippen LogP contribution in [0.15, 0.2) is 54.6 Å². The van der Waals surface area contributed by atoms with E-state index in [1.165, 1.54) is 45.9 Å². The Morgan fingerprint density at radius 2 is 1.74 bits per heavy atom. The highest BCUT2D eigenvalue weighted by Crippen LogP contribution is 2.35. The summed E-state index contributed by atoms with van der Waals surface area (Å²) in [7, 11) is 0. The molecule has 0 saturated carbocycles. The minimum atomic E-state index is -0.349. The fourth-order valence-corrected chi connectivity index (χ4v) is 5.49. The second kappa shape index (κ2) is 11.2. The van der Waals surface area contributed by atoms with Crippen LogP contribution < -0.4 is 0 Å². The van der Waals surface area contributed by atoms with E-state index in [0.29, 0.717) is 12.8 Å². The predicted octanol–water partition coefficient (Wildman–Crippen LogP) is 6.34. The Morgan fingerprint density at radius 3 is 2.46 bits per heavy atom. The molecule has 5 nitrogen and oxygen atoms in total. The quantitative estimate of drug-likeness (QED) is 0.360. The van der Waals surface area contributed by atoms with E-state index in [-0.39, 0.29) is 36.9 Å². The first-order chi connectivity index (χ1) is 16.8. The Morgan fingerprint density at radius 1 is 0.971 bits per heavy atom. The molecule has 6 heteroatoms. The van der Waals surface area contributed by atoms with Crippen molar-refractivity contribution in [1.29, 1.82) is 0 Å². The largest absolute Gasteiger partial charge is 0.463 e. The van der Waals surface area contributed by atoms with E-state index >= 15 is 0 Å². The van der Waals surface area contributed by atoms with Gasteiger partial charge in [-0.05, 0) is 48.2 Å². The third kappa shape index (κ3) is 6.80. The van der Waals surface area contributed by atoms with Crippen LogP contribution in [0.1, 0.15) is 59.9 Å². The Bertz CT molecular complexity index is 1180. The molecule has 0 N–H and O–H groups in total. The van der Waals surface area contributed by atoms with Gasteiger partial charge in [-0.25, -0.2) is 0 Å². The van der Waals surface area contributed by atoms with Gasteiger partial charge < -0.3 is 14.2 Å². The number of rotatable bonds is 7. The number of aryl methyl sites for hydroxylation is 2. The normalized spacial score (nSPS) is 19.8. The summed E-state index contributed by atoms with van der Waals surface area (Å²) < 4.78 is 17.0. The van der Waals surface area contributed by atoms with Gasteiger partial charge in [-0.2, -0.15) is 0 Å². The molecule has 4 rings (SSSR count). The summed E-state index contributed by atoms with van der Waals surface area (Å²) in [6.45, 7) is 7.18. The summed E-state index contributed by atoms with van der Waals surface area (Å²) in [5.74, 6) is -0.660. The lowest BCUT2D eigenvalue weighted by atomic mass is 9.93. The van der Waals surface area contributed by atoms with Crippen LogP contribution in [0.2, 0.25) is 0 Å². The van der Waals surface area contributed by atoms with Gasteiger partial charge in [0, 0.05) is 42.9 Å². The molecule has 1 saturated heterocycles. The molecule has 2 heterocycles. The highest BCUT2D eigenvalue weighted by atomic mass is 32.1. The second-order valence-electron chi connectivity index (χ2n) is 9.25. The van der Waals surface area contributed by atoms with Crippen molar-refractivity contribution in [3.8, 4) is 10.4 Å². The van der Waals surface area contributed by atoms with Crippen molar-refractivity contribution in [2.75, 3.05) is 6.61 Å². The second-order valence-corrected chi connectivity index (χ2v) is 10.4. The van der Waals surface area contributed by atoms with Crippen LogP contribution in [-0.2, 0) is 30.2 Å². The van der Waals surface area contributed by atoms with Crippen molar-refractivity contribution in [3.63, 3.8) is 0 Å². The lowest BCUT2D eigenvalue weighted by Gasteiger charge is -2.35. The van der Waals surface area contributed by atoms with Gasteiger partial charge in [0.05, 0.1) is 12.2 Å². The number of hydrogen-bond donors (Lipinski definition) is 0. The third-order valence-corrected chi connectivity index (χ3v) is 7.41. The standard InChI is InChI=1S/C29H32O5S/c1-18-5-8-22(9-6-18)29-12-11-27(35-29)14-24-13-23(10-7-19(24)2)28-16-25(33-21(4)31)15-26(34-28)17-32-20(3)30/h5-13,25-26,28H,14-17H2,1-4H3. The van der Waals surface area contributed by atoms with Gasteiger partial charge in [-0.3, -0.25) is 9.59 Å². The Balaban J connectivity index is 1.52. The van der Waals surface area contributed by atoms with Crippen LogP contribution in [0.5, 0.6) is 0 Å². The number of carbonyl (C=O) groups excluding carboxylic acids is 2. The van der Waals surface area contributed by atoms with Crippen molar-refractivity contribution in [3.05, 3.63) is 81.7 Å². The highest BCUT2D eigenvalue weighted by Gasteiger charge is 2.33. The van der Waals surface area contributed by atoms with Gasteiger partial charge in [0.25, 0.3) is 0 Å². The zero-order valence-electron chi connectivity index (χ0n) is 20.7. The van der Waals surface area contributed by atoms with Crippen molar-refractivity contribution >= 4 is 23.3 Å². The third-order valence-electron chi connectivity index (χ3n) is 6.27. The molecule has 1 aliphatic rings. The van der Waals surface area contributed by atoms with Crippen molar-refractivity contribution in [2.45, 2.75) is 65.3 Å². The smallest absolute Gasteiger partial charge is 0.302 e. The van der Waals surface area contributed by atoms with E-state index in [9.17, 15) is 9.59 Å². The monoisotopic (exact) mass is 492 g/mol. The zero-order chi connectivity index (χ0) is 24.9. The number of benzene rings is 2. The SMILES string of the molecule is CC(=O)OCC1CC(OC(C)=O)CC(c2ccc(C)c(Cc3ccc(-c4ccc(C)cc4)s3)c2)O1. The number of hydrogen-bond acceptors (Lipinski definition) is 6. The molecule has 0 spiro atoms. The van der Waals surface area contributed by atoms with Gasteiger partial charge in [0.1, 0.15) is 12.7 Å². The van der Waals surface area contributed by atoms with E-state index in [1.807, 2.05) is 11.3 Å². The molecule has 2 aromatic carbocycles. The first-order valence-corrected chi connectivity index (χ1v) is 12.8. The summed E-state index contributed by atoms with van der Waals surface area (Å²) in [5.41, 5.74) is 6.01. The average molecular weight is 493 g/mol. The number of ether oxygens (including phenoxy) is 3. The summed E-state index contributed by atoms with van der Waals surface area (Å²) in [5, 5.41) is 0. The molecule has 35 heavy (non-hydrogen) atoms. The van der Waals surface area contributed by atoms with Crippen molar-refractivity contribution < 1.29 is 23.8 Å². The molecule has 3 atom stereocenters. The van der Waals surface area contributed by atoms with E-state index in [1.54, 1.807) is 0 Å². The first kappa shape index (κ1) is 25.1. The van der Waals surface area contributed by atoms with Gasteiger partial charge in [0.2, 0.25) is 0 Å². The first-order valence-electron chi connectivity index (χ1n) is 12.0. The Labute approximate surface area is 211 Å². The van der Waals surface area contributed by atoms with Crippen LogP contribution in [0.25, 0.3) is 10.4 Å². The van der Waals surface area contributed by atoms with Crippen molar-refractivity contribution in [2.24, 2.45) is 0 Å². The van der Waals surface area contributed by atoms with E-state index in [2.05, 4.69) is 68.4 Å². The number of carbonyl (C=O) groups is 2. The molecule has 3 aromatic rings. The fraction of sp³-hybridized carbons (Fsp3) is 0.379. The summed E-state index contributed by atoms with van der Waals surface area (Å²) in [4.78, 5) is 25.5. The summed E-state index contributed by atoms with van der Waals surface area (Å²) in [6, 6.07) is 19.4. The summed E-state index contributed by atoms with van der Waals surface area (Å²) in [6.07, 6.45) is 1.10. The van der Waals surface area contributed by atoms with Gasteiger partial charge in [-0.1, -0.05) is 48.0 Å². The Hall–Kier alpha value is -2.96. The van der Waals surface area contributed by atoms with Gasteiger partial charge in [0.15, 0.2) is 0 Å². The molecule has 1 fully saturated rings. The molecule has 184 valence electrons. The topological polar surface area (TPSA) is 61.8 Å². The van der Waals surface area contributed by atoms with Crippen LogP contribution in [-0.4, -0.2) is 30.8 Å². The van der Waals surface area contributed by atoms with Gasteiger partial charge in [-0.15, -0.1) is 11.3 Å². The molecule has 3 unspecified atom stereocenters. The lowest BCUT2D eigenvalue weighted by molar-refractivity contribution is -0.169. The van der Waals surface area contributed by atoms with Crippen LogP contribution in [0.4, 0.5) is 0 Å². The van der Waals surface area contributed by atoms with E-state index < -0.39 is 0 Å². The molecule has 1 aliphatic heterocycles. The van der Waals surface area contributed by atoms with Gasteiger partial charge >= 0.3 is 11.9 Å². The maximum atomic E-state index is 11.6. The molecule has 0 amide bonds. The molecule has 0 bridgehead atoms. The molecule has 0 aliphatic carbocycles.